The van der Waals surface area contributed by atoms with E-state index in [0.29, 0.717) is 35.5 Å². The predicted molar refractivity (Wildman–Crippen MR) is 104 cm³/mol. The van der Waals surface area contributed by atoms with Crippen LogP contribution in [0, 0.1) is 5.92 Å². The molecule has 0 unspecified atom stereocenters. The zero-order valence-corrected chi connectivity index (χ0v) is 16.1. The lowest BCUT2D eigenvalue weighted by Crippen LogP contribution is -2.50. The maximum Gasteiger partial charge on any atom is 0.275 e. The van der Waals surface area contributed by atoms with Gasteiger partial charge in [0.15, 0.2) is 5.69 Å². The number of carbonyl (C=O) groups excluding carboxylic acids is 1. The fourth-order valence-electron chi connectivity index (χ4n) is 3.51. The Bertz CT molecular complexity index is 849. The minimum absolute atomic E-state index is 0.0835. The molecule has 0 bridgehead atoms. The fraction of sp³-hybridized carbons (Fsp3) is 0.550. The van der Waals surface area contributed by atoms with Crippen molar-refractivity contribution in [3.05, 3.63) is 40.3 Å². The molecule has 2 heterocycles. The van der Waals surface area contributed by atoms with Crippen molar-refractivity contribution in [3.63, 3.8) is 0 Å². The molecule has 6 heteroatoms. The van der Waals surface area contributed by atoms with Gasteiger partial charge >= 0.3 is 0 Å². The van der Waals surface area contributed by atoms with Crippen LogP contribution in [0.4, 0.5) is 0 Å². The van der Waals surface area contributed by atoms with Crippen molar-refractivity contribution < 1.29 is 4.79 Å². The number of fused-ring (bicyclic) bond motifs is 1. The first kappa shape index (κ1) is 18.6. The van der Waals surface area contributed by atoms with E-state index in [4.69, 9.17) is 0 Å². The minimum atomic E-state index is -0.145. The monoisotopic (exact) mass is 356 g/mol. The van der Waals surface area contributed by atoms with E-state index in [1.807, 2.05) is 36.9 Å². The van der Waals surface area contributed by atoms with E-state index in [2.05, 4.69) is 23.8 Å². The van der Waals surface area contributed by atoms with Crippen molar-refractivity contribution >= 4 is 16.7 Å². The summed E-state index contributed by atoms with van der Waals surface area (Å²) in [6, 6.07) is 7.17. The molecule has 6 nitrogen and oxygen atoms in total. The predicted octanol–water partition coefficient (Wildman–Crippen LogP) is 2.39. The molecule has 140 valence electrons. The number of rotatable bonds is 4. The highest BCUT2D eigenvalue weighted by molar-refractivity contribution is 6.04. The highest BCUT2D eigenvalue weighted by Crippen LogP contribution is 2.17. The van der Waals surface area contributed by atoms with Gasteiger partial charge in [0, 0.05) is 38.1 Å². The normalized spacial score (nSPS) is 16.0. The number of amides is 1. The largest absolute Gasteiger partial charge is 0.335 e. The molecule has 1 aromatic carbocycles. The zero-order valence-electron chi connectivity index (χ0n) is 16.1. The van der Waals surface area contributed by atoms with Crippen LogP contribution in [-0.2, 0) is 0 Å². The van der Waals surface area contributed by atoms with Crippen LogP contribution >= 0.6 is 0 Å². The number of carbonyl (C=O) groups is 1. The highest BCUT2D eigenvalue weighted by Gasteiger charge is 2.26. The van der Waals surface area contributed by atoms with Gasteiger partial charge in [0.25, 0.3) is 11.5 Å². The maximum atomic E-state index is 13.2. The number of benzene rings is 1. The molecule has 1 aromatic heterocycles. The van der Waals surface area contributed by atoms with Crippen LogP contribution in [0.1, 0.15) is 44.2 Å². The molecular formula is C20H28N4O2. The standard InChI is InChI=1S/C20H28N4O2/c1-14(2)13-22-9-11-23(12-10-22)20(26)18-16-7-5-6-8-17(16)19(25)24(21-18)15(3)4/h5-8,14-15H,9-13H2,1-4H3. The van der Waals surface area contributed by atoms with Crippen LogP contribution in [0.3, 0.4) is 0 Å². The lowest BCUT2D eigenvalue weighted by Gasteiger charge is -2.35. The first-order valence-electron chi connectivity index (χ1n) is 9.41. The average molecular weight is 356 g/mol. The smallest absolute Gasteiger partial charge is 0.275 e. The first-order valence-corrected chi connectivity index (χ1v) is 9.41. The third-order valence-electron chi connectivity index (χ3n) is 4.80. The molecule has 1 saturated heterocycles. The van der Waals surface area contributed by atoms with Crippen LogP contribution in [0.2, 0.25) is 0 Å². The highest BCUT2D eigenvalue weighted by atomic mass is 16.2. The lowest BCUT2D eigenvalue weighted by atomic mass is 10.1. The third-order valence-corrected chi connectivity index (χ3v) is 4.80. The van der Waals surface area contributed by atoms with Gasteiger partial charge in [-0.3, -0.25) is 14.5 Å². The second-order valence-electron chi connectivity index (χ2n) is 7.72. The molecule has 0 N–H and O–H groups in total. The van der Waals surface area contributed by atoms with Crippen molar-refractivity contribution in [1.82, 2.24) is 19.6 Å². The first-order chi connectivity index (χ1) is 12.4. The van der Waals surface area contributed by atoms with Crippen LogP contribution in [0.25, 0.3) is 10.8 Å². The average Bonchev–Trinajstić information content (AvgIpc) is 2.61. The molecule has 0 atom stereocenters. The Morgan fingerprint density at radius 3 is 2.23 bits per heavy atom. The summed E-state index contributed by atoms with van der Waals surface area (Å²) in [6.45, 7) is 12.4. The lowest BCUT2D eigenvalue weighted by molar-refractivity contribution is 0.0617. The van der Waals surface area contributed by atoms with E-state index < -0.39 is 0 Å². The van der Waals surface area contributed by atoms with Crippen molar-refractivity contribution in [2.24, 2.45) is 5.92 Å². The molecule has 1 aliphatic heterocycles. The van der Waals surface area contributed by atoms with E-state index in [9.17, 15) is 9.59 Å². The van der Waals surface area contributed by atoms with Gasteiger partial charge in [-0.2, -0.15) is 5.10 Å². The van der Waals surface area contributed by atoms with E-state index >= 15 is 0 Å². The Balaban J connectivity index is 1.92. The summed E-state index contributed by atoms with van der Waals surface area (Å²) in [5, 5.41) is 5.64. The molecule has 2 aromatic rings. The van der Waals surface area contributed by atoms with Crippen molar-refractivity contribution in [3.8, 4) is 0 Å². The van der Waals surface area contributed by atoms with Crippen LogP contribution in [-0.4, -0.2) is 58.2 Å². The van der Waals surface area contributed by atoms with E-state index in [-0.39, 0.29) is 17.5 Å². The second-order valence-corrected chi connectivity index (χ2v) is 7.72. The molecule has 1 aliphatic rings. The molecule has 0 radical (unpaired) electrons. The van der Waals surface area contributed by atoms with Gasteiger partial charge in [-0.15, -0.1) is 0 Å². The molecule has 1 fully saturated rings. The Hall–Kier alpha value is -2.21. The molecule has 1 amide bonds. The Kier molecular flexibility index (Phi) is 5.41. The number of aromatic nitrogens is 2. The summed E-state index contributed by atoms with van der Waals surface area (Å²) >= 11 is 0. The molecule has 0 saturated carbocycles. The molecular weight excluding hydrogens is 328 g/mol. The Morgan fingerprint density at radius 2 is 1.65 bits per heavy atom. The summed E-state index contributed by atoms with van der Waals surface area (Å²) in [6.07, 6.45) is 0. The summed E-state index contributed by atoms with van der Waals surface area (Å²) < 4.78 is 1.42. The Morgan fingerprint density at radius 1 is 1.04 bits per heavy atom. The van der Waals surface area contributed by atoms with Gasteiger partial charge < -0.3 is 4.90 Å². The van der Waals surface area contributed by atoms with Crippen LogP contribution in [0.15, 0.2) is 29.1 Å². The van der Waals surface area contributed by atoms with Crippen LogP contribution < -0.4 is 5.56 Å². The topological polar surface area (TPSA) is 58.4 Å². The maximum absolute atomic E-state index is 13.2. The molecule has 26 heavy (non-hydrogen) atoms. The minimum Gasteiger partial charge on any atom is -0.335 e. The van der Waals surface area contributed by atoms with Crippen molar-refractivity contribution in [2.45, 2.75) is 33.7 Å². The quantitative estimate of drug-likeness (QED) is 0.844. The number of hydrogen-bond donors (Lipinski definition) is 0. The zero-order chi connectivity index (χ0) is 18.8. The number of nitrogens with zero attached hydrogens (tertiary/aromatic N) is 4. The second kappa shape index (κ2) is 7.58. The van der Waals surface area contributed by atoms with E-state index in [1.165, 1.54) is 4.68 Å². The summed E-state index contributed by atoms with van der Waals surface area (Å²) in [5.74, 6) is 0.539. The van der Waals surface area contributed by atoms with Gasteiger partial charge in [-0.25, -0.2) is 4.68 Å². The number of hydrogen-bond acceptors (Lipinski definition) is 4. The summed E-state index contributed by atoms with van der Waals surface area (Å²) in [5.41, 5.74) is 0.236. The van der Waals surface area contributed by atoms with Gasteiger partial charge in [0.1, 0.15) is 0 Å². The van der Waals surface area contributed by atoms with Crippen molar-refractivity contribution in [2.75, 3.05) is 32.7 Å². The fourth-order valence-corrected chi connectivity index (χ4v) is 3.51. The van der Waals surface area contributed by atoms with Gasteiger partial charge in [-0.1, -0.05) is 32.0 Å². The molecule has 3 rings (SSSR count). The molecule has 0 spiro atoms. The summed E-state index contributed by atoms with van der Waals surface area (Å²) in [4.78, 5) is 30.1. The Labute approximate surface area is 154 Å². The summed E-state index contributed by atoms with van der Waals surface area (Å²) in [7, 11) is 0. The van der Waals surface area contributed by atoms with Gasteiger partial charge in [0.05, 0.1) is 11.4 Å². The van der Waals surface area contributed by atoms with E-state index in [1.54, 1.807) is 6.07 Å². The molecule has 0 aliphatic carbocycles. The van der Waals surface area contributed by atoms with Crippen LogP contribution in [0.5, 0.6) is 0 Å². The van der Waals surface area contributed by atoms with E-state index in [0.717, 1.165) is 19.6 Å². The van der Waals surface area contributed by atoms with Gasteiger partial charge in [-0.05, 0) is 25.8 Å². The van der Waals surface area contributed by atoms with Gasteiger partial charge in [0.2, 0.25) is 0 Å². The SMILES string of the molecule is CC(C)CN1CCN(C(=O)c2nn(C(C)C)c(=O)c3ccccc23)CC1. The van der Waals surface area contributed by atoms with Crippen molar-refractivity contribution in [1.29, 1.82) is 0 Å². The third kappa shape index (κ3) is 3.65. The number of piperazine rings is 1.